The van der Waals surface area contributed by atoms with E-state index in [9.17, 15) is 9.59 Å². The van der Waals surface area contributed by atoms with Gasteiger partial charge in [-0.25, -0.2) is 0 Å². The largest absolute Gasteiger partial charge is 0.354 e. The monoisotopic (exact) mass is 296 g/mol. The molecule has 0 fully saturated rings. The molecule has 114 valence electrons. The second-order valence-electron chi connectivity index (χ2n) is 5.64. The highest BCUT2D eigenvalue weighted by Gasteiger charge is 2.34. The molecule has 0 N–H and O–H groups in total. The van der Waals surface area contributed by atoms with Crippen LogP contribution in [0.5, 0.6) is 0 Å². The molecule has 0 aliphatic carbocycles. The first-order valence-corrected chi connectivity index (χ1v) is 7.83. The fraction of sp³-hybridized carbons (Fsp3) is 0.333. The van der Waals surface area contributed by atoms with Crippen molar-refractivity contribution < 1.29 is 9.59 Å². The number of rotatable bonds is 7. The number of benzene rings is 1. The summed E-state index contributed by atoms with van der Waals surface area (Å²) in [6.07, 6.45) is 8.28. The van der Waals surface area contributed by atoms with E-state index < -0.39 is 0 Å². The van der Waals surface area contributed by atoms with E-state index in [4.69, 9.17) is 0 Å². The molecule has 0 saturated carbocycles. The maximum Gasteiger partial charge on any atom is 0.261 e. The number of amides is 2. The van der Waals surface area contributed by atoms with Gasteiger partial charge in [-0.3, -0.25) is 14.5 Å². The minimum Gasteiger partial charge on any atom is -0.354 e. The second-order valence-corrected chi connectivity index (χ2v) is 5.64. The van der Waals surface area contributed by atoms with E-state index in [1.165, 1.54) is 4.90 Å². The van der Waals surface area contributed by atoms with E-state index in [1.54, 1.807) is 24.3 Å². The van der Waals surface area contributed by atoms with Crippen LogP contribution >= 0.6 is 0 Å². The molecule has 2 heterocycles. The highest BCUT2D eigenvalue weighted by molar-refractivity contribution is 6.21. The third-order valence-corrected chi connectivity index (χ3v) is 4.09. The summed E-state index contributed by atoms with van der Waals surface area (Å²) in [7, 11) is 0. The topological polar surface area (TPSA) is 42.3 Å². The number of imide groups is 1. The molecule has 2 aromatic rings. The number of hydrogen-bond donors (Lipinski definition) is 0. The number of aryl methyl sites for hydroxylation is 1. The lowest BCUT2D eigenvalue weighted by atomic mass is 10.1. The molecule has 0 bridgehead atoms. The summed E-state index contributed by atoms with van der Waals surface area (Å²) in [5.41, 5.74) is 1.08. The van der Waals surface area contributed by atoms with Crippen LogP contribution in [0.25, 0.3) is 0 Å². The normalized spacial score (nSPS) is 13.7. The molecule has 0 saturated heterocycles. The Labute approximate surface area is 130 Å². The number of unbranched alkanes of at least 4 members (excludes halogenated alkanes) is 3. The number of aromatic nitrogens is 1. The van der Waals surface area contributed by atoms with Crippen LogP contribution < -0.4 is 0 Å². The van der Waals surface area contributed by atoms with E-state index >= 15 is 0 Å². The molecule has 4 heteroatoms. The predicted molar refractivity (Wildman–Crippen MR) is 84.7 cm³/mol. The molecule has 0 atom stereocenters. The summed E-state index contributed by atoms with van der Waals surface area (Å²) in [5.74, 6) is -0.291. The van der Waals surface area contributed by atoms with Crippen LogP contribution in [0.1, 0.15) is 46.4 Å². The molecule has 22 heavy (non-hydrogen) atoms. The van der Waals surface area contributed by atoms with Crippen molar-refractivity contribution in [2.45, 2.75) is 32.2 Å². The predicted octanol–water partition coefficient (Wildman–Crippen LogP) is 3.34. The van der Waals surface area contributed by atoms with Gasteiger partial charge in [0.25, 0.3) is 11.8 Å². The van der Waals surface area contributed by atoms with E-state index in [1.807, 2.05) is 12.1 Å². The molecule has 1 aromatic heterocycles. The number of carbonyl (C=O) groups is 2. The van der Waals surface area contributed by atoms with Crippen molar-refractivity contribution in [3.05, 3.63) is 59.9 Å². The summed E-state index contributed by atoms with van der Waals surface area (Å²) in [6, 6.07) is 11.1. The quantitative estimate of drug-likeness (QED) is 0.581. The summed E-state index contributed by atoms with van der Waals surface area (Å²) < 4.78 is 2.17. The standard InChI is InChI=1S/C18H20N2O2/c21-17-15-9-3-4-10-16(15)18(22)20(17)14-6-2-1-5-11-19-12-7-8-13-19/h3-4,7-10,12-13H,1-2,5-6,11,14H2. The average molecular weight is 296 g/mol. The Kier molecular flexibility index (Phi) is 4.37. The number of nitrogens with zero attached hydrogens (tertiary/aromatic N) is 2. The van der Waals surface area contributed by atoms with Crippen LogP contribution in [0.3, 0.4) is 0 Å². The maximum atomic E-state index is 12.2. The Morgan fingerprint density at radius 1 is 0.682 bits per heavy atom. The molecule has 0 spiro atoms. The molecule has 0 unspecified atom stereocenters. The van der Waals surface area contributed by atoms with Gasteiger partial charge in [-0.1, -0.05) is 25.0 Å². The van der Waals surface area contributed by atoms with Crippen LogP contribution in [0.2, 0.25) is 0 Å². The van der Waals surface area contributed by atoms with Gasteiger partial charge in [0.15, 0.2) is 0 Å². The highest BCUT2D eigenvalue weighted by Crippen LogP contribution is 2.22. The SMILES string of the molecule is O=C1c2ccccc2C(=O)N1CCCCCCn1cccc1. The van der Waals surface area contributed by atoms with Crippen molar-refractivity contribution in [3.63, 3.8) is 0 Å². The smallest absolute Gasteiger partial charge is 0.261 e. The van der Waals surface area contributed by atoms with Crippen LogP contribution in [0, 0.1) is 0 Å². The molecule has 0 radical (unpaired) electrons. The maximum absolute atomic E-state index is 12.2. The van der Waals surface area contributed by atoms with E-state index in [2.05, 4.69) is 17.0 Å². The van der Waals surface area contributed by atoms with Gasteiger partial charge in [-0.2, -0.15) is 0 Å². The fourth-order valence-corrected chi connectivity index (χ4v) is 2.88. The zero-order chi connectivity index (χ0) is 15.4. The Morgan fingerprint density at radius 3 is 1.82 bits per heavy atom. The van der Waals surface area contributed by atoms with Gasteiger partial charge in [-0.05, 0) is 37.1 Å². The number of carbonyl (C=O) groups excluding carboxylic acids is 2. The molecular weight excluding hydrogens is 276 g/mol. The van der Waals surface area contributed by atoms with Gasteiger partial charge in [0.1, 0.15) is 0 Å². The fourth-order valence-electron chi connectivity index (χ4n) is 2.88. The van der Waals surface area contributed by atoms with Crippen molar-refractivity contribution in [3.8, 4) is 0 Å². The minimum absolute atomic E-state index is 0.145. The van der Waals surface area contributed by atoms with Gasteiger partial charge in [-0.15, -0.1) is 0 Å². The Morgan fingerprint density at radius 2 is 1.23 bits per heavy atom. The first-order chi connectivity index (χ1) is 10.8. The third-order valence-electron chi connectivity index (χ3n) is 4.09. The average Bonchev–Trinajstić information content (AvgIpc) is 3.13. The Bertz CT molecular complexity index is 626. The molecule has 2 amide bonds. The van der Waals surface area contributed by atoms with E-state index in [0.717, 1.165) is 32.2 Å². The zero-order valence-electron chi connectivity index (χ0n) is 12.6. The van der Waals surface area contributed by atoms with Gasteiger partial charge >= 0.3 is 0 Å². The van der Waals surface area contributed by atoms with Crippen LogP contribution in [0.15, 0.2) is 48.8 Å². The van der Waals surface area contributed by atoms with Crippen LogP contribution in [0.4, 0.5) is 0 Å². The van der Waals surface area contributed by atoms with E-state index in [0.29, 0.717) is 17.7 Å². The Balaban J connectivity index is 1.41. The van der Waals surface area contributed by atoms with Gasteiger partial charge in [0.05, 0.1) is 11.1 Å². The van der Waals surface area contributed by atoms with Gasteiger partial charge in [0.2, 0.25) is 0 Å². The molecule has 1 aliphatic heterocycles. The van der Waals surface area contributed by atoms with Crippen molar-refractivity contribution >= 4 is 11.8 Å². The minimum atomic E-state index is -0.145. The molecule has 1 aromatic carbocycles. The van der Waals surface area contributed by atoms with Gasteiger partial charge in [0, 0.05) is 25.5 Å². The van der Waals surface area contributed by atoms with Crippen molar-refractivity contribution in [2.75, 3.05) is 6.54 Å². The molecule has 4 nitrogen and oxygen atoms in total. The highest BCUT2D eigenvalue weighted by atomic mass is 16.2. The van der Waals surface area contributed by atoms with Crippen LogP contribution in [-0.4, -0.2) is 27.8 Å². The molecular formula is C18H20N2O2. The first-order valence-electron chi connectivity index (χ1n) is 7.83. The Hall–Kier alpha value is -2.36. The second kappa shape index (κ2) is 6.60. The van der Waals surface area contributed by atoms with Gasteiger partial charge < -0.3 is 4.57 Å². The molecule has 1 aliphatic rings. The van der Waals surface area contributed by atoms with Crippen molar-refractivity contribution in [2.24, 2.45) is 0 Å². The number of fused-ring (bicyclic) bond motifs is 1. The summed E-state index contributed by atoms with van der Waals surface area (Å²) in [6.45, 7) is 1.55. The van der Waals surface area contributed by atoms with Crippen molar-refractivity contribution in [1.82, 2.24) is 9.47 Å². The third kappa shape index (κ3) is 2.96. The lowest BCUT2D eigenvalue weighted by Gasteiger charge is -2.13. The first kappa shape index (κ1) is 14.6. The zero-order valence-corrected chi connectivity index (χ0v) is 12.6. The number of hydrogen-bond acceptors (Lipinski definition) is 2. The molecule has 3 rings (SSSR count). The lowest BCUT2D eigenvalue weighted by Crippen LogP contribution is -2.30. The summed E-state index contributed by atoms with van der Waals surface area (Å²) in [4.78, 5) is 25.8. The summed E-state index contributed by atoms with van der Waals surface area (Å²) in [5, 5.41) is 0. The summed E-state index contributed by atoms with van der Waals surface area (Å²) >= 11 is 0. The van der Waals surface area contributed by atoms with Crippen LogP contribution in [-0.2, 0) is 6.54 Å². The van der Waals surface area contributed by atoms with Crippen molar-refractivity contribution in [1.29, 1.82) is 0 Å². The van der Waals surface area contributed by atoms with E-state index in [-0.39, 0.29) is 11.8 Å². The lowest BCUT2D eigenvalue weighted by molar-refractivity contribution is 0.0651.